The predicted octanol–water partition coefficient (Wildman–Crippen LogP) is 1.57. The molecule has 4 heteroatoms. The maximum Gasteiger partial charge on any atom is 0.384 e. The second kappa shape index (κ2) is 4.54. The third-order valence-corrected chi connectivity index (χ3v) is 1.76. The average Bonchev–Trinajstić information content (AvgIpc) is 2.19. The van der Waals surface area contributed by atoms with Gasteiger partial charge < -0.3 is 9.84 Å². The lowest BCUT2D eigenvalue weighted by Crippen LogP contribution is -1.94. The summed E-state index contributed by atoms with van der Waals surface area (Å²) in [4.78, 5) is 10.7. The van der Waals surface area contributed by atoms with Gasteiger partial charge in [-0.1, -0.05) is 17.5 Å². The molecule has 1 aromatic rings. The second-order valence-corrected chi connectivity index (χ2v) is 2.81. The lowest BCUT2D eigenvalue weighted by atomic mass is 10.2. The molecule has 0 bridgehead atoms. The maximum atomic E-state index is 10.7. The first-order valence-electron chi connectivity index (χ1n) is 3.72. The van der Waals surface area contributed by atoms with Crippen molar-refractivity contribution < 1.29 is 14.6 Å². The van der Waals surface area contributed by atoms with E-state index in [0.717, 1.165) is 0 Å². The molecule has 0 spiro atoms. The number of carbonyl (C=O) groups is 1. The van der Waals surface area contributed by atoms with Gasteiger partial charge in [-0.3, -0.25) is 0 Å². The summed E-state index contributed by atoms with van der Waals surface area (Å²) in [6.07, 6.45) is 0. The van der Waals surface area contributed by atoms with Gasteiger partial charge >= 0.3 is 5.97 Å². The van der Waals surface area contributed by atoms with Gasteiger partial charge in [-0.15, -0.1) is 0 Å². The van der Waals surface area contributed by atoms with E-state index in [1.165, 1.54) is 19.2 Å². The molecule has 0 aliphatic carbocycles. The van der Waals surface area contributed by atoms with E-state index in [1.54, 1.807) is 6.07 Å². The van der Waals surface area contributed by atoms with Crippen LogP contribution in [0.1, 0.15) is 5.56 Å². The minimum absolute atomic E-state index is 0.0664. The average molecular weight is 211 g/mol. The Kier molecular flexibility index (Phi) is 3.38. The molecular formula is C10H7ClO3. The van der Waals surface area contributed by atoms with Gasteiger partial charge in [0.1, 0.15) is 5.75 Å². The molecule has 0 heterocycles. The zero-order chi connectivity index (χ0) is 10.6. The molecule has 0 saturated heterocycles. The zero-order valence-electron chi connectivity index (χ0n) is 7.37. The van der Waals surface area contributed by atoms with Crippen LogP contribution in [-0.4, -0.2) is 18.2 Å². The van der Waals surface area contributed by atoms with E-state index >= 15 is 0 Å². The van der Waals surface area contributed by atoms with Crippen LogP contribution in [0.15, 0.2) is 18.2 Å². The lowest BCUT2D eigenvalue weighted by Gasteiger charge is -1.95. The molecule has 72 valence electrons. The Hall–Kier alpha value is -1.66. The number of hydrogen-bond acceptors (Lipinski definition) is 3. The predicted molar refractivity (Wildman–Crippen MR) is 52.0 cm³/mol. The molecule has 14 heavy (non-hydrogen) atoms. The van der Waals surface area contributed by atoms with Crippen molar-refractivity contribution in [2.45, 2.75) is 0 Å². The minimum Gasteiger partial charge on any atom is -0.506 e. The van der Waals surface area contributed by atoms with Crippen molar-refractivity contribution in [3.63, 3.8) is 0 Å². The Morgan fingerprint density at radius 2 is 2.29 bits per heavy atom. The lowest BCUT2D eigenvalue weighted by molar-refractivity contribution is -0.133. The molecular weight excluding hydrogens is 204 g/mol. The fourth-order valence-corrected chi connectivity index (χ4v) is 0.882. The van der Waals surface area contributed by atoms with Crippen LogP contribution in [0.5, 0.6) is 5.75 Å². The summed E-state index contributed by atoms with van der Waals surface area (Å²) in [6, 6.07) is 4.47. The minimum atomic E-state index is -0.626. The number of benzene rings is 1. The first-order valence-corrected chi connectivity index (χ1v) is 4.10. The molecule has 0 aliphatic rings. The number of rotatable bonds is 0. The Balaban J connectivity index is 2.91. The fourth-order valence-electron chi connectivity index (χ4n) is 0.765. The van der Waals surface area contributed by atoms with Crippen molar-refractivity contribution in [1.82, 2.24) is 0 Å². The van der Waals surface area contributed by atoms with Crippen LogP contribution in [0.25, 0.3) is 0 Å². The summed E-state index contributed by atoms with van der Waals surface area (Å²) < 4.78 is 4.32. The Labute approximate surface area is 86.3 Å². The van der Waals surface area contributed by atoms with Crippen LogP contribution in [0.2, 0.25) is 5.02 Å². The number of ether oxygens (including phenoxy) is 1. The number of methoxy groups -OCH3 is 1. The molecule has 0 atom stereocenters. The van der Waals surface area contributed by atoms with Crippen molar-refractivity contribution in [1.29, 1.82) is 0 Å². The van der Waals surface area contributed by atoms with Crippen LogP contribution < -0.4 is 0 Å². The highest BCUT2D eigenvalue weighted by molar-refractivity contribution is 6.32. The van der Waals surface area contributed by atoms with Gasteiger partial charge in [0.15, 0.2) is 0 Å². The number of hydrogen-bond donors (Lipinski definition) is 1. The third kappa shape index (κ3) is 2.68. The van der Waals surface area contributed by atoms with E-state index in [0.29, 0.717) is 5.56 Å². The smallest absolute Gasteiger partial charge is 0.384 e. The number of halogens is 1. The largest absolute Gasteiger partial charge is 0.506 e. The van der Waals surface area contributed by atoms with Gasteiger partial charge in [-0.2, -0.15) is 0 Å². The van der Waals surface area contributed by atoms with E-state index < -0.39 is 5.97 Å². The molecule has 0 aromatic heterocycles. The van der Waals surface area contributed by atoms with Gasteiger partial charge in [-0.05, 0) is 18.2 Å². The van der Waals surface area contributed by atoms with E-state index in [2.05, 4.69) is 16.6 Å². The van der Waals surface area contributed by atoms with E-state index in [1.807, 2.05) is 0 Å². The maximum absolute atomic E-state index is 10.7. The highest BCUT2D eigenvalue weighted by Gasteiger charge is 1.97. The Bertz CT molecular complexity index is 415. The number of aromatic hydroxyl groups is 1. The molecule has 0 fully saturated rings. The monoisotopic (exact) mass is 210 g/mol. The molecule has 0 unspecified atom stereocenters. The number of carbonyl (C=O) groups excluding carboxylic acids is 1. The van der Waals surface area contributed by atoms with Gasteiger partial charge in [0.25, 0.3) is 0 Å². The molecule has 1 rings (SSSR count). The normalized spacial score (nSPS) is 8.71. The van der Waals surface area contributed by atoms with E-state index in [9.17, 15) is 9.90 Å². The molecule has 0 aliphatic heterocycles. The Morgan fingerprint density at radius 3 is 2.86 bits per heavy atom. The van der Waals surface area contributed by atoms with E-state index in [-0.39, 0.29) is 10.8 Å². The second-order valence-electron chi connectivity index (χ2n) is 2.41. The number of esters is 1. The van der Waals surface area contributed by atoms with Crippen molar-refractivity contribution in [3.05, 3.63) is 28.8 Å². The van der Waals surface area contributed by atoms with Crippen molar-refractivity contribution >= 4 is 17.6 Å². The van der Waals surface area contributed by atoms with E-state index in [4.69, 9.17) is 11.6 Å². The van der Waals surface area contributed by atoms with Crippen LogP contribution in [0.3, 0.4) is 0 Å². The highest BCUT2D eigenvalue weighted by Crippen LogP contribution is 2.22. The summed E-state index contributed by atoms with van der Waals surface area (Å²) in [5.41, 5.74) is 0.498. The van der Waals surface area contributed by atoms with Crippen LogP contribution in [0.4, 0.5) is 0 Å². The van der Waals surface area contributed by atoms with Gasteiger partial charge in [0, 0.05) is 11.5 Å². The first kappa shape index (κ1) is 10.4. The van der Waals surface area contributed by atoms with Crippen molar-refractivity contribution in [2.24, 2.45) is 0 Å². The molecule has 1 aromatic carbocycles. The Morgan fingerprint density at radius 1 is 1.57 bits per heavy atom. The molecule has 0 saturated carbocycles. The molecule has 0 radical (unpaired) electrons. The summed E-state index contributed by atoms with van der Waals surface area (Å²) in [7, 11) is 1.25. The molecule has 1 N–H and O–H groups in total. The third-order valence-electron chi connectivity index (χ3n) is 1.44. The standard InChI is InChI=1S/C10H7ClO3/c1-14-10(13)5-3-7-2-4-8(11)9(12)6-7/h2,4,6,12H,1H3. The quantitative estimate of drug-likeness (QED) is 0.522. The summed E-state index contributed by atoms with van der Waals surface area (Å²) in [6.45, 7) is 0. The summed E-state index contributed by atoms with van der Waals surface area (Å²) >= 11 is 5.58. The van der Waals surface area contributed by atoms with Crippen LogP contribution in [0, 0.1) is 11.8 Å². The topological polar surface area (TPSA) is 46.5 Å². The van der Waals surface area contributed by atoms with Gasteiger partial charge in [0.2, 0.25) is 0 Å². The molecule has 3 nitrogen and oxygen atoms in total. The van der Waals surface area contributed by atoms with Gasteiger partial charge in [0.05, 0.1) is 12.1 Å². The summed E-state index contributed by atoms with van der Waals surface area (Å²) in [5, 5.41) is 9.45. The summed E-state index contributed by atoms with van der Waals surface area (Å²) in [5.74, 6) is 4.06. The van der Waals surface area contributed by atoms with Gasteiger partial charge in [-0.25, -0.2) is 4.79 Å². The molecule has 0 amide bonds. The van der Waals surface area contributed by atoms with Crippen molar-refractivity contribution in [3.8, 4) is 17.6 Å². The van der Waals surface area contributed by atoms with Crippen molar-refractivity contribution in [2.75, 3.05) is 7.11 Å². The number of phenolic OH excluding ortho intramolecular Hbond substituents is 1. The van der Waals surface area contributed by atoms with Crippen LogP contribution >= 0.6 is 11.6 Å². The first-order chi connectivity index (χ1) is 6.63. The number of phenols is 1. The SMILES string of the molecule is COC(=O)C#Cc1ccc(Cl)c(O)c1. The fraction of sp³-hybridized carbons (Fsp3) is 0.100. The zero-order valence-corrected chi connectivity index (χ0v) is 8.13. The van der Waals surface area contributed by atoms with Crippen LogP contribution in [-0.2, 0) is 9.53 Å². The highest BCUT2D eigenvalue weighted by atomic mass is 35.5.